The van der Waals surface area contributed by atoms with Crippen molar-refractivity contribution in [3.63, 3.8) is 0 Å². The van der Waals surface area contributed by atoms with Crippen LogP contribution in [0.3, 0.4) is 0 Å². The first-order chi connectivity index (χ1) is 19.5. The van der Waals surface area contributed by atoms with Crippen molar-refractivity contribution in [2.75, 3.05) is 13.2 Å². The lowest BCUT2D eigenvalue weighted by molar-refractivity contribution is -0.168. The van der Waals surface area contributed by atoms with E-state index in [-0.39, 0.29) is 54.7 Å². The van der Waals surface area contributed by atoms with Crippen molar-refractivity contribution in [1.29, 1.82) is 0 Å². The van der Waals surface area contributed by atoms with Gasteiger partial charge in [0.25, 0.3) is 5.91 Å². The Morgan fingerprint density at radius 3 is 2.34 bits per heavy atom. The molecule has 4 atom stereocenters. The van der Waals surface area contributed by atoms with Gasteiger partial charge in [0.15, 0.2) is 6.61 Å². The van der Waals surface area contributed by atoms with Gasteiger partial charge in [-0.1, -0.05) is 55.3 Å². The summed E-state index contributed by atoms with van der Waals surface area (Å²) in [6.07, 6.45) is 5.66. The van der Waals surface area contributed by atoms with Crippen molar-refractivity contribution in [3.8, 4) is 5.75 Å². The molecule has 2 amide bonds. The van der Waals surface area contributed by atoms with Gasteiger partial charge in [-0.3, -0.25) is 9.59 Å². The van der Waals surface area contributed by atoms with E-state index < -0.39 is 17.6 Å². The number of piperidine rings is 1. The molecule has 11 heteroatoms. The number of nitrogens with one attached hydrogen (secondary N) is 3. The van der Waals surface area contributed by atoms with Crippen LogP contribution in [0.5, 0.6) is 5.75 Å². The smallest absolute Gasteiger partial charge is 0.403 e. The average Bonchev–Trinajstić information content (AvgIpc) is 3.43. The number of carbonyl (C=O) groups is 2. The molecule has 1 heterocycles. The summed E-state index contributed by atoms with van der Waals surface area (Å²) in [5.41, 5.74) is -0.514. The van der Waals surface area contributed by atoms with Gasteiger partial charge in [0.1, 0.15) is 11.8 Å². The van der Waals surface area contributed by atoms with E-state index in [0.29, 0.717) is 48.0 Å². The molecule has 3 N–H and O–H groups in total. The Labute approximate surface area is 249 Å². The third-order valence-corrected chi connectivity index (χ3v) is 10.6. The summed E-state index contributed by atoms with van der Waals surface area (Å²) in [4.78, 5) is 25.9. The van der Waals surface area contributed by atoms with Gasteiger partial charge < -0.3 is 20.7 Å². The first-order valence-corrected chi connectivity index (χ1v) is 15.8. The predicted octanol–water partition coefficient (Wildman–Crippen LogP) is 6.43. The molecule has 41 heavy (non-hydrogen) atoms. The maximum atomic E-state index is 13.6. The Morgan fingerprint density at radius 1 is 0.951 bits per heavy atom. The van der Waals surface area contributed by atoms with E-state index in [4.69, 9.17) is 27.9 Å². The zero-order valence-electron chi connectivity index (χ0n) is 23.2. The fraction of sp³-hybridized carbons (Fsp3) is 0.733. The fourth-order valence-electron chi connectivity index (χ4n) is 7.67. The lowest BCUT2D eigenvalue weighted by Crippen LogP contribution is -2.59. The van der Waals surface area contributed by atoms with Crippen molar-refractivity contribution >= 4 is 35.0 Å². The van der Waals surface area contributed by atoms with Crippen molar-refractivity contribution < 1.29 is 27.5 Å². The molecule has 0 spiro atoms. The molecule has 5 aliphatic rings. The van der Waals surface area contributed by atoms with Gasteiger partial charge in [-0.05, 0) is 74.8 Å². The van der Waals surface area contributed by atoms with Gasteiger partial charge >= 0.3 is 6.18 Å². The van der Waals surface area contributed by atoms with Crippen molar-refractivity contribution in [3.05, 3.63) is 28.2 Å². The molecule has 1 aromatic carbocycles. The Kier molecular flexibility index (Phi) is 9.66. The van der Waals surface area contributed by atoms with Gasteiger partial charge in [-0.15, -0.1) is 0 Å². The number of rotatable bonds is 8. The molecule has 4 unspecified atom stereocenters. The Bertz CT molecular complexity index is 1090. The summed E-state index contributed by atoms with van der Waals surface area (Å²) in [5, 5.41) is 9.87. The van der Waals surface area contributed by atoms with Crippen LogP contribution in [0.2, 0.25) is 10.0 Å². The van der Waals surface area contributed by atoms with Crippen LogP contribution in [0.15, 0.2) is 18.2 Å². The third-order valence-electron chi connectivity index (χ3n) is 9.88. The van der Waals surface area contributed by atoms with Gasteiger partial charge in [-0.2, -0.15) is 13.2 Å². The molecule has 6 nitrogen and oxygen atoms in total. The monoisotopic (exact) mass is 617 g/mol. The average molecular weight is 619 g/mol. The molecule has 1 aromatic rings. The second-order valence-electron chi connectivity index (χ2n) is 12.6. The summed E-state index contributed by atoms with van der Waals surface area (Å²) in [5.74, 6) is 0.555. The minimum absolute atomic E-state index is 0.0235. The summed E-state index contributed by atoms with van der Waals surface area (Å²) in [6, 6.07) is 2.97. The van der Waals surface area contributed by atoms with Crippen LogP contribution in [0, 0.1) is 23.2 Å². The Hall–Kier alpha value is -1.71. The summed E-state index contributed by atoms with van der Waals surface area (Å²) >= 11 is 11.9. The molecule has 5 fully saturated rings. The van der Waals surface area contributed by atoms with E-state index in [1.54, 1.807) is 18.2 Å². The molecule has 1 saturated heterocycles. The summed E-state index contributed by atoms with van der Waals surface area (Å²) in [6.45, 7) is 0.217. The minimum atomic E-state index is -4.26. The first-order valence-electron chi connectivity index (χ1n) is 15.0. The normalized spacial score (nSPS) is 32.4. The number of benzene rings is 1. The SMILES string of the molecule is O=C(COc1ccc(Cl)c(Cl)c1)NC1CC2(C(=O)NCC3CCC(C(F)(F)F)NC3C3CCCCCCC3)CC1C2. The molecule has 6 rings (SSSR count). The lowest BCUT2D eigenvalue weighted by Gasteiger charge is -2.43. The van der Waals surface area contributed by atoms with Gasteiger partial charge in [0.05, 0.1) is 15.5 Å². The maximum Gasteiger partial charge on any atom is 0.403 e. The molecule has 2 bridgehead atoms. The highest BCUT2D eigenvalue weighted by Crippen LogP contribution is 2.59. The number of carbonyl (C=O) groups excluding carboxylic acids is 2. The van der Waals surface area contributed by atoms with Crippen LogP contribution in [0.4, 0.5) is 13.2 Å². The van der Waals surface area contributed by atoms with Crippen LogP contribution < -0.4 is 20.7 Å². The van der Waals surface area contributed by atoms with E-state index in [0.717, 1.165) is 38.5 Å². The molecular formula is C30H40Cl2F3N3O3. The zero-order valence-corrected chi connectivity index (χ0v) is 24.7. The molecule has 0 aromatic heterocycles. The number of halogens is 5. The molecule has 0 radical (unpaired) electrons. The van der Waals surface area contributed by atoms with Crippen molar-refractivity contribution in [2.24, 2.45) is 23.2 Å². The van der Waals surface area contributed by atoms with Crippen LogP contribution in [0.1, 0.15) is 77.0 Å². The second kappa shape index (κ2) is 12.9. The highest BCUT2D eigenvalue weighted by atomic mass is 35.5. The standard InChI is InChI=1S/C30H40Cl2F3N3O3/c31-22-10-9-21(12-23(22)32)41-17-26(39)37-24-15-29(13-20(24)14-29)28(40)36-16-19-8-11-25(30(33,34)35)38-27(19)18-6-4-2-1-3-5-7-18/h9-10,12,18-20,24-25,27,38H,1-8,11,13-17H2,(H,36,40)(H,37,39). The van der Waals surface area contributed by atoms with Crippen LogP contribution in [-0.4, -0.2) is 49.3 Å². The zero-order chi connectivity index (χ0) is 29.2. The third kappa shape index (κ3) is 7.27. The van der Waals surface area contributed by atoms with Gasteiger partial charge in [0, 0.05) is 24.7 Å². The number of fused-ring (bicyclic) bond motifs is 1. The van der Waals surface area contributed by atoms with E-state index in [2.05, 4.69) is 16.0 Å². The topological polar surface area (TPSA) is 79.5 Å². The number of alkyl halides is 3. The second-order valence-corrected chi connectivity index (χ2v) is 13.4. The quantitative estimate of drug-likeness (QED) is 0.314. The summed E-state index contributed by atoms with van der Waals surface area (Å²) < 4.78 is 46.5. The maximum absolute atomic E-state index is 13.6. The number of hydrogen-bond acceptors (Lipinski definition) is 4. The van der Waals surface area contributed by atoms with Gasteiger partial charge in [-0.25, -0.2) is 0 Å². The van der Waals surface area contributed by atoms with Crippen molar-refractivity contribution in [2.45, 2.75) is 101 Å². The van der Waals surface area contributed by atoms with Crippen LogP contribution in [-0.2, 0) is 9.59 Å². The fourth-order valence-corrected chi connectivity index (χ4v) is 7.96. The van der Waals surface area contributed by atoms with Crippen LogP contribution in [0.25, 0.3) is 0 Å². The van der Waals surface area contributed by atoms with Crippen molar-refractivity contribution in [1.82, 2.24) is 16.0 Å². The highest BCUT2D eigenvalue weighted by molar-refractivity contribution is 6.42. The predicted molar refractivity (Wildman–Crippen MR) is 152 cm³/mol. The first kappa shape index (κ1) is 30.7. The Morgan fingerprint density at radius 2 is 1.66 bits per heavy atom. The highest BCUT2D eigenvalue weighted by Gasteiger charge is 2.60. The van der Waals surface area contributed by atoms with E-state index in [9.17, 15) is 22.8 Å². The van der Waals surface area contributed by atoms with Crippen LogP contribution >= 0.6 is 23.2 Å². The van der Waals surface area contributed by atoms with E-state index in [1.165, 1.54) is 6.42 Å². The Balaban J connectivity index is 1.12. The summed E-state index contributed by atoms with van der Waals surface area (Å²) in [7, 11) is 0. The molecule has 4 saturated carbocycles. The number of hydrogen-bond donors (Lipinski definition) is 3. The molecular weight excluding hydrogens is 578 g/mol. The lowest BCUT2D eigenvalue weighted by atomic mass is 9.68. The minimum Gasteiger partial charge on any atom is -0.484 e. The van der Waals surface area contributed by atoms with Gasteiger partial charge in [0.2, 0.25) is 5.91 Å². The molecule has 1 aliphatic heterocycles. The molecule has 4 aliphatic carbocycles. The number of ether oxygens (including phenoxy) is 1. The van der Waals surface area contributed by atoms with E-state index in [1.807, 2.05) is 0 Å². The largest absolute Gasteiger partial charge is 0.484 e. The van der Waals surface area contributed by atoms with E-state index >= 15 is 0 Å². The number of amides is 2. The molecule has 228 valence electrons.